The van der Waals surface area contributed by atoms with E-state index in [1.54, 1.807) is 12.1 Å². The van der Waals surface area contributed by atoms with Crippen molar-refractivity contribution >= 4 is 5.91 Å². The van der Waals surface area contributed by atoms with Crippen LogP contribution in [0.1, 0.15) is 10.4 Å². The van der Waals surface area contributed by atoms with Crippen molar-refractivity contribution < 1.29 is 9.63 Å². The molecule has 15 heavy (non-hydrogen) atoms. The first-order valence-electron chi connectivity index (χ1n) is 4.82. The molecule has 82 valence electrons. The molecule has 0 spiro atoms. The van der Waals surface area contributed by atoms with Gasteiger partial charge in [0, 0.05) is 12.1 Å². The monoisotopic (exact) mass is 208 g/mol. The Kier molecular flexibility index (Phi) is 4.80. The lowest BCUT2D eigenvalue weighted by atomic mass is 10.2. The average molecular weight is 208 g/mol. The summed E-state index contributed by atoms with van der Waals surface area (Å²) in [5.41, 5.74) is 2.99. The van der Waals surface area contributed by atoms with Crippen molar-refractivity contribution in [3.05, 3.63) is 35.9 Å². The Morgan fingerprint density at radius 1 is 1.33 bits per heavy atom. The summed E-state index contributed by atoms with van der Waals surface area (Å²) in [4.78, 5) is 18.4. The molecule has 0 radical (unpaired) electrons. The van der Waals surface area contributed by atoms with E-state index < -0.39 is 0 Å². The lowest BCUT2D eigenvalue weighted by Gasteiger charge is -2.09. The Morgan fingerprint density at radius 3 is 2.60 bits per heavy atom. The molecule has 0 bridgehead atoms. The number of carbonyl (C=O) groups is 1. The topological polar surface area (TPSA) is 41.6 Å². The van der Waals surface area contributed by atoms with E-state index in [1.165, 1.54) is 0 Å². The third kappa shape index (κ3) is 4.58. The van der Waals surface area contributed by atoms with Crippen molar-refractivity contribution in [2.75, 3.05) is 27.2 Å². The maximum Gasteiger partial charge on any atom is 0.274 e. The number of nitrogens with zero attached hydrogens (tertiary/aromatic N) is 1. The van der Waals surface area contributed by atoms with Crippen LogP contribution in [0, 0.1) is 0 Å². The lowest BCUT2D eigenvalue weighted by Crippen LogP contribution is -2.28. The van der Waals surface area contributed by atoms with E-state index in [0.29, 0.717) is 12.2 Å². The molecule has 4 heteroatoms. The van der Waals surface area contributed by atoms with Gasteiger partial charge >= 0.3 is 0 Å². The molecule has 1 amide bonds. The van der Waals surface area contributed by atoms with Crippen molar-refractivity contribution in [3.63, 3.8) is 0 Å². The molecule has 0 saturated carbocycles. The zero-order valence-corrected chi connectivity index (χ0v) is 9.06. The SMILES string of the molecule is CN(C)CCONC(=O)c1ccccc1. The number of carbonyl (C=O) groups excluding carboxylic acids is 1. The molecule has 1 rings (SSSR count). The van der Waals surface area contributed by atoms with Crippen molar-refractivity contribution in [1.29, 1.82) is 0 Å². The van der Waals surface area contributed by atoms with Gasteiger partial charge in [0.1, 0.15) is 0 Å². The van der Waals surface area contributed by atoms with E-state index in [0.717, 1.165) is 6.54 Å². The molecular weight excluding hydrogens is 192 g/mol. The average Bonchev–Trinajstić information content (AvgIpc) is 2.25. The van der Waals surface area contributed by atoms with Crippen molar-refractivity contribution in [2.24, 2.45) is 0 Å². The number of hydroxylamine groups is 1. The van der Waals surface area contributed by atoms with Crippen molar-refractivity contribution in [1.82, 2.24) is 10.4 Å². The molecule has 0 unspecified atom stereocenters. The maximum atomic E-state index is 11.4. The first kappa shape index (κ1) is 11.7. The smallest absolute Gasteiger partial charge is 0.274 e. The molecule has 0 aliphatic rings. The van der Waals surface area contributed by atoms with Gasteiger partial charge in [-0.2, -0.15) is 0 Å². The maximum absolute atomic E-state index is 11.4. The minimum absolute atomic E-state index is 0.214. The van der Waals surface area contributed by atoms with E-state index in [4.69, 9.17) is 4.84 Å². The van der Waals surface area contributed by atoms with Gasteiger partial charge in [0.2, 0.25) is 0 Å². The molecule has 0 heterocycles. The number of likely N-dealkylation sites (N-methyl/N-ethyl adjacent to an activating group) is 1. The highest BCUT2D eigenvalue weighted by molar-refractivity contribution is 5.93. The Morgan fingerprint density at radius 2 is 2.00 bits per heavy atom. The Hall–Kier alpha value is -1.39. The summed E-state index contributed by atoms with van der Waals surface area (Å²) < 4.78 is 0. The number of hydrogen-bond acceptors (Lipinski definition) is 3. The zero-order valence-electron chi connectivity index (χ0n) is 9.06. The highest BCUT2D eigenvalue weighted by atomic mass is 16.6. The molecule has 0 aliphatic heterocycles. The number of benzene rings is 1. The summed E-state index contributed by atoms with van der Waals surface area (Å²) in [6.45, 7) is 1.25. The fourth-order valence-corrected chi connectivity index (χ4v) is 0.993. The van der Waals surface area contributed by atoms with Crippen LogP contribution in [0.25, 0.3) is 0 Å². The largest absolute Gasteiger partial charge is 0.307 e. The fraction of sp³-hybridized carbons (Fsp3) is 0.364. The molecule has 0 fully saturated rings. The van der Waals surface area contributed by atoms with Gasteiger partial charge in [-0.3, -0.25) is 9.63 Å². The highest BCUT2D eigenvalue weighted by Gasteiger charge is 2.03. The molecule has 1 aromatic carbocycles. The second-order valence-electron chi connectivity index (χ2n) is 3.45. The minimum Gasteiger partial charge on any atom is -0.307 e. The third-order valence-electron chi connectivity index (χ3n) is 1.84. The number of nitrogens with one attached hydrogen (secondary N) is 1. The summed E-state index contributed by atoms with van der Waals surface area (Å²) >= 11 is 0. The van der Waals surface area contributed by atoms with E-state index in [2.05, 4.69) is 5.48 Å². The molecule has 0 atom stereocenters. The van der Waals surface area contributed by atoms with Crippen LogP contribution in [0.4, 0.5) is 0 Å². The molecule has 1 N–H and O–H groups in total. The number of rotatable bonds is 5. The fourth-order valence-electron chi connectivity index (χ4n) is 0.993. The lowest BCUT2D eigenvalue weighted by molar-refractivity contribution is 0.0263. The minimum atomic E-state index is -0.214. The molecular formula is C11H16N2O2. The standard InChI is InChI=1S/C11H16N2O2/c1-13(2)8-9-15-12-11(14)10-6-4-3-5-7-10/h3-7H,8-9H2,1-2H3,(H,12,14). The van der Waals surface area contributed by atoms with Crippen molar-refractivity contribution in [2.45, 2.75) is 0 Å². The van der Waals surface area contributed by atoms with Gasteiger partial charge < -0.3 is 4.90 Å². The van der Waals surface area contributed by atoms with Gasteiger partial charge in [0.05, 0.1) is 6.61 Å². The van der Waals surface area contributed by atoms with E-state index in [1.807, 2.05) is 37.2 Å². The van der Waals surface area contributed by atoms with E-state index in [-0.39, 0.29) is 5.91 Å². The molecule has 0 aliphatic carbocycles. The predicted molar refractivity (Wildman–Crippen MR) is 58.4 cm³/mol. The summed E-state index contributed by atoms with van der Waals surface area (Å²) in [5.74, 6) is -0.214. The normalized spacial score (nSPS) is 10.3. The van der Waals surface area contributed by atoms with Crippen LogP contribution in [0.3, 0.4) is 0 Å². The number of amides is 1. The molecule has 0 saturated heterocycles. The first-order valence-corrected chi connectivity index (χ1v) is 4.82. The van der Waals surface area contributed by atoms with Crippen LogP contribution in [0.5, 0.6) is 0 Å². The van der Waals surface area contributed by atoms with E-state index >= 15 is 0 Å². The Balaban J connectivity index is 2.25. The summed E-state index contributed by atoms with van der Waals surface area (Å²) in [7, 11) is 3.89. The van der Waals surface area contributed by atoms with Gasteiger partial charge in [-0.1, -0.05) is 18.2 Å². The van der Waals surface area contributed by atoms with Crippen LogP contribution < -0.4 is 5.48 Å². The third-order valence-corrected chi connectivity index (χ3v) is 1.84. The number of hydrogen-bond donors (Lipinski definition) is 1. The van der Waals surface area contributed by atoms with Crippen LogP contribution in [0.2, 0.25) is 0 Å². The molecule has 0 aromatic heterocycles. The quantitative estimate of drug-likeness (QED) is 0.577. The summed E-state index contributed by atoms with van der Waals surface area (Å²) in [5, 5.41) is 0. The van der Waals surface area contributed by atoms with Crippen LogP contribution in [-0.2, 0) is 4.84 Å². The van der Waals surface area contributed by atoms with Crippen LogP contribution in [-0.4, -0.2) is 38.1 Å². The van der Waals surface area contributed by atoms with Crippen LogP contribution >= 0.6 is 0 Å². The Bertz CT molecular complexity index is 299. The second-order valence-corrected chi connectivity index (χ2v) is 3.45. The first-order chi connectivity index (χ1) is 7.20. The predicted octanol–water partition coefficient (Wildman–Crippen LogP) is 0.910. The van der Waals surface area contributed by atoms with E-state index in [9.17, 15) is 4.79 Å². The van der Waals surface area contributed by atoms with Gasteiger partial charge in [0.15, 0.2) is 0 Å². The highest BCUT2D eigenvalue weighted by Crippen LogP contribution is 1.97. The van der Waals surface area contributed by atoms with Gasteiger partial charge in [-0.25, -0.2) is 5.48 Å². The second kappa shape index (κ2) is 6.16. The summed E-state index contributed by atoms with van der Waals surface area (Å²) in [6.07, 6.45) is 0. The Labute approximate surface area is 89.8 Å². The molecule has 1 aromatic rings. The summed E-state index contributed by atoms with van der Waals surface area (Å²) in [6, 6.07) is 8.97. The van der Waals surface area contributed by atoms with Gasteiger partial charge in [0.25, 0.3) is 5.91 Å². The van der Waals surface area contributed by atoms with Gasteiger partial charge in [-0.05, 0) is 26.2 Å². The van der Waals surface area contributed by atoms with Crippen molar-refractivity contribution in [3.8, 4) is 0 Å². The van der Waals surface area contributed by atoms with Crippen LogP contribution in [0.15, 0.2) is 30.3 Å². The zero-order chi connectivity index (χ0) is 11.1. The molecule has 4 nitrogen and oxygen atoms in total. The van der Waals surface area contributed by atoms with Gasteiger partial charge in [-0.15, -0.1) is 0 Å².